The normalized spacial score (nSPS) is 16.3. The van der Waals surface area contributed by atoms with Crippen LogP contribution < -0.4 is 0 Å². The van der Waals surface area contributed by atoms with Gasteiger partial charge in [-0.15, -0.1) is 11.3 Å². The van der Waals surface area contributed by atoms with Crippen LogP contribution in [0.5, 0.6) is 0 Å². The first-order chi connectivity index (χ1) is 31.9. The van der Waals surface area contributed by atoms with Crippen molar-refractivity contribution in [1.82, 2.24) is 24.1 Å². The van der Waals surface area contributed by atoms with Crippen LogP contribution in [0.2, 0.25) is 0 Å². The minimum absolute atomic E-state index is 0.106. The Bertz CT molecular complexity index is 3740. The Hall–Kier alpha value is -6.63. The van der Waals surface area contributed by atoms with E-state index in [9.17, 15) is 5.48 Å². The van der Waals surface area contributed by atoms with Crippen molar-refractivity contribution in [3.63, 3.8) is 0 Å². The van der Waals surface area contributed by atoms with E-state index < -0.39 is 109 Å². The van der Waals surface area contributed by atoms with Gasteiger partial charge in [-0.05, 0) is 47.4 Å². The summed E-state index contributed by atoms with van der Waals surface area (Å²) in [5.74, 6) is -1.00. The van der Waals surface area contributed by atoms with Crippen LogP contribution in [0.1, 0.15) is 21.9 Å². The van der Waals surface area contributed by atoms with E-state index in [1.807, 2.05) is 48.5 Å². The molecule has 7 aromatic carbocycles. The minimum atomic E-state index is -0.690. The maximum absolute atomic E-state index is 9.20. The van der Waals surface area contributed by atoms with E-state index in [2.05, 4.69) is 6.07 Å². The lowest BCUT2D eigenvalue weighted by Gasteiger charge is -2.13. The monoisotopic (exact) mass is 685 g/mol. The average molecular weight is 686 g/mol. The van der Waals surface area contributed by atoms with E-state index in [1.165, 1.54) is 11.3 Å². The molecule has 0 aliphatic rings. The zero-order valence-corrected chi connectivity index (χ0v) is 26.8. The van der Waals surface area contributed by atoms with E-state index in [1.54, 1.807) is 12.1 Å². The third-order valence-electron chi connectivity index (χ3n) is 8.92. The second-order valence-corrected chi connectivity index (χ2v) is 12.8. The first kappa shape index (κ1) is 16.9. The van der Waals surface area contributed by atoms with Crippen molar-refractivity contribution in [3.05, 3.63) is 163 Å². The van der Waals surface area contributed by atoms with Gasteiger partial charge in [-0.1, -0.05) is 127 Å². The van der Waals surface area contributed by atoms with Gasteiger partial charge >= 0.3 is 0 Å². The maximum Gasteiger partial charge on any atom is 0.240 e. The zero-order valence-electron chi connectivity index (χ0n) is 42.0. The largest absolute Gasteiger partial charge is 0.278 e. The van der Waals surface area contributed by atoms with Crippen LogP contribution in [-0.2, 0) is 0 Å². The van der Waals surface area contributed by atoms with Gasteiger partial charge in [-0.25, -0.2) is 0 Å². The molecule has 0 saturated heterocycles. The van der Waals surface area contributed by atoms with Gasteiger partial charge in [0.25, 0.3) is 0 Å². The molecule has 0 fully saturated rings. The van der Waals surface area contributed by atoms with Gasteiger partial charge in [0.05, 0.1) is 44.0 Å². The molecule has 4 heterocycles. The first-order valence-electron chi connectivity index (χ1n) is 23.7. The van der Waals surface area contributed by atoms with Gasteiger partial charge in [0, 0.05) is 47.3 Å². The number of thiophene rings is 1. The molecule has 11 aromatic rings. The van der Waals surface area contributed by atoms with E-state index in [4.69, 9.17) is 31.4 Å². The van der Waals surface area contributed by atoms with Gasteiger partial charge in [-0.3, -0.25) is 9.13 Å². The van der Waals surface area contributed by atoms with Crippen molar-refractivity contribution < 1.29 is 21.9 Å². The average Bonchev–Trinajstić information content (AvgIpc) is 4.02. The fourth-order valence-corrected chi connectivity index (χ4v) is 7.91. The Labute approximate surface area is 318 Å². The number of para-hydroxylation sites is 4. The van der Waals surface area contributed by atoms with Gasteiger partial charge in [0.2, 0.25) is 11.9 Å². The first-order valence-corrected chi connectivity index (χ1v) is 16.6. The highest BCUT2D eigenvalue weighted by Crippen LogP contribution is 2.42. The summed E-state index contributed by atoms with van der Waals surface area (Å²) >= 11 is 1.50. The predicted molar refractivity (Wildman–Crippen MR) is 212 cm³/mol. The molecular formula is C45H27N5S. The number of aromatic nitrogens is 5. The molecular weight excluding hydrogens is 643 g/mol. The number of nitrogens with zero attached hydrogens (tertiary/aromatic N) is 5. The lowest BCUT2D eigenvalue weighted by Crippen LogP contribution is -2.10. The fraction of sp³-hybridized carbons (Fsp3) is 0. The molecule has 0 aliphatic carbocycles. The van der Waals surface area contributed by atoms with E-state index >= 15 is 0 Å². The molecule has 5 nitrogen and oxygen atoms in total. The fourth-order valence-electron chi connectivity index (χ4n) is 6.74. The van der Waals surface area contributed by atoms with E-state index in [-0.39, 0.29) is 49.4 Å². The van der Waals surface area contributed by atoms with Crippen LogP contribution in [-0.4, -0.2) is 24.1 Å². The van der Waals surface area contributed by atoms with Crippen molar-refractivity contribution >= 4 is 75.1 Å². The second kappa shape index (κ2) is 10.9. The number of fused-ring (bicyclic) bond motifs is 9. The SMILES string of the molecule is [2H]c1c([2H])c([2H])c2c(c1[2H])c1c([2H])c([2H])c([2H])c([2H])c1n2-c1nc(-c2cccc3sc4cc(-c5ccccc5)ccc4c23)nc(-n2c3c([2H])c([2H])c([2H])c([2H])c3c3c([2H])c([2H])c([2H])c([2H])c32)n1. The Morgan fingerprint density at radius 1 is 0.451 bits per heavy atom. The van der Waals surface area contributed by atoms with Crippen LogP contribution in [0.15, 0.2) is 163 Å². The number of hydrogen-bond donors (Lipinski definition) is 0. The van der Waals surface area contributed by atoms with Gasteiger partial charge in [-0.2, -0.15) is 15.0 Å². The lowest BCUT2D eigenvalue weighted by atomic mass is 10.0. The highest BCUT2D eigenvalue weighted by molar-refractivity contribution is 7.26. The summed E-state index contributed by atoms with van der Waals surface area (Å²) in [4.78, 5) is 14.7. The van der Waals surface area contributed by atoms with Crippen molar-refractivity contribution in [3.8, 4) is 34.4 Å². The third-order valence-corrected chi connectivity index (χ3v) is 10.0. The van der Waals surface area contributed by atoms with Crippen LogP contribution in [0.25, 0.3) is 98.2 Å². The summed E-state index contributed by atoms with van der Waals surface area (Å²) in [6.07, 6.45) is 0. The van der Waals surface area contributed by atoms with Crippen molar-refractivity contribution in [1.29, 1.82) is 0 Å². The highest BCUT2D eigenvalue weighted by atomic mass is 32.1. The standard InChI is InChI=1S/C45H27N5S/c1-2-13-28(14-3-1)29-25-26-34-41(27-29)51-40-24-12-19-35(42(34)40)43-46-44(49-36-20-8-4-15-30(36)31-16-5-9-21-37(31)49)48-45(47-43)50-38-22-10-6-17-32(38)33-18-7-11-23-39(33)50/h1-27H/i4D,5D,6D,7D,8D,9D,10D,11D,15D,16D,17D,18D,20D,21D,22D,23D. The van der Waals surface area contributed by atoms with Crippen LogP contribution in [0.3, 0.4) is 0 Å². The summed E-state index contributed by atoms with van der Waals surface area (Å²) in [6.45, 7) is 0. The lowest BCUT2D eigenvalue weighted by molar-refractivity contribution is 0.893. The van der Waals surface area contributed by atoms with E-state index in [0.29, 0.717) is 10.9 Å². The van der Waals surface area contributed by atoms with Gasteiger partial charge < -0.3 is 0 Å². The molecule has 0 amide bonds. The molecule has 0 saturated carbocycles. The van der Waals surface area contributed by atoms with Crippen molar-refractivity contribution in [2.45, 2.75) is 0 Å². The smallest absolute Gasteiger partial charge is 0.240 e. The number of hydrogen-bond acceptors (Lipinski definition) is 4. The molecule has 0 bridgehead atoms. The number of benzene rings is 7. The maximum atomic E-state index is 9.20. The molecule has 4 aromatic heterocycles. The molecule has 6 heteroatoms. The summed E-state index contributed by atoms with van der Waals surface area (Å²) < 4.78 is 146. The van der Waals surface area contributed by atoms with Gasteiger partial charge in [0.15, 0.2) is 5.82 Å². The summed E-state index contributed by atoms with van der Waals surface area (Å²) in [5, 5.41) is 0.475. The molecule has 0 unspecified atom stereocenters. The van der Waals surface area contributed by atoms with Crippen LogP contribution in [0, 0.1) is 0 Å². The third kappa shape index (κ3) is 4.24. The molecule has 51 heavy (non-hydrogen) atoms. The Balaban J connectivity index is 1.36. The van der Waals surface area contributed by atoms with Crippen molar-refractivity contribution in [2.75, 3.05) is 0 Å². The van der Waals surface area contributed by atoms with E-state index in [0.717, 1.165) is 35.0 Å². The number of rotatable bonds is 4. The molecule has 0 spiro atoms. The Morgan fingerprint density at radius 2 is 0.980 bits per heavy atom. The topological polar surface area (TPSA) is 48.5 Å². The van der Waals surface area contributed by atoms with Crippen molar-refractivity contribution in [2.24, 2.45) is 0 Å². The molecule has 0 N–H and O–H groups in total. The Kier molecular flexibility index (Phi) is 3.61. The predicted octanol–water partition coefficient (Wildman–Crippen LogP) is 11.8. The second-order valence-electron chi connectivity index (χ2n) is 11.7. The quantitative estimate of drug-likeness (QED) is 0.185. The van der Waals surface area contributed by atoms with Crippen LogP contribution >= 0.6 is 11.3 Å². The minimum Gasteiger partial charge on any atom is -0.278 e. The molecule has 0 aliphatic heterocycles. The Morgan fingerprint density at radius 3 is 1.53 bits per heavy atom. The summed E-state index contributed by atoms with van der Waals surface area (Å²) in [6, 6.07) is 10.9. The summed E-state index contributed by atoms with van der Waals surface area (Å²) in [7, 11) is 0. The van der Waals surface area contributed by atoms with Gasteiger partial charge in [0.1, 0.15) is 0 Å². The zero-order chi connectivity index (χ0) is 47.4. The molecule has 11 rings (SSSR count). The van der Waals surface area contributed by atoms with Crippen LogP contribution in [0.4, 0.5) is 0 Å². The summed E-state index contributed by atoms with van der Waals surface area (Å²) in [5.41, 5.74) is 1.12. The molecule has 0 atom stereocenters. The molecule has 238 valence electrons. The molecule has 0 radical (unpaired) electrons. The highest BCUT2D eigenvalue weighted by Gasteiger charge is 2.22.